The van der Waals surface area contributed by atoms with E-state index in [0.717, 1.165) is 33.8 Å². The van der Waals surface area contributed by atoms with Gasteiger partial charge in [-0.3, -0.25) is 4.79 Å². The Kier molecular flexibility index (Phi) is 4.33. The Balaban J connectivity index is 1.75. The van der Waals surface area contributed by atoms with Gasteiger partial charge in [-0.05, 0) is 49.2 Å². The van der Waals surface area contributed by atoms with Crippen LogP contribution in [-0.2, 0) is 4.79 Å². The van der Waals surface area contributed by atoms with Crippen LogP contribution < -0.4 is 0 Å². The number of Topliss-reactive ketones (excluding diaryl/α,β-unsaturated/α-hetero) is 1. The highest BCUT2D eigenvalue weighted by atomic mass is 35.5. The molecule has 3 aromatic rings. The van der Waals surface area contributed by atoms with Crippen molar-refractivity contribution >= 4 is 40.2 Å². The second kappa shape index (κ2) is 6.61. The molecule has 1 fully saturated rings. The van der Waals surface area contributed by atoms with Crippen LogP contribution >= 0.6 is 23.4 Å². The van der Waals surface area contributed by atoms with Crippen LogP contribution in [0.25, 0.3) is 11.0 Å². The number of aromatic nitrogens is 2. The van der Waals surface area contributed by atoms with E-state index in [1.165, 1.54) is 10.6 Å². The monoisotopic (exact) mass is 356 g/mol. The fourth-order valence-electron chi connectivity index (χ4n) is 3.26. The maximum Gasteiger partial charge on any atom is 0.138 e. The summed E-state index contributed by atoms with van der Waals surface area (Å²) < 4.78 is 0. The first kappa shape index (κ1) is 15.7. The average Bonchev–Trinajstić information content (AvgIpc) is 2.96. The summed E-state index contributed by atoms with van der Waals surface area (Å²) in [7, 11) is 0. The fourth-order valence-corrected chi connectivity index (χ4v) is 4.50. The molecule has 1 saturated carbocycles. The highest BCUT2D eigenvalue weighted by Crippen LogP contribution is 2.42. The summed E-state index contributed by atoms with van der Waals surface area (Å²) in [5.74, 6) is 0.777. The summed E-state index contributed by atoms with van der Waals surface area (Å²) in [6.07, 6.45) is 5.00. The Morgan fingerprint density at radius 2 is 1.88 bits per heavy atom. The third kappa shape index (κ3) is 3.08. The molecule has 0 atom stereocenters. The van der Waals surface area contributed by atoms with Gasteiger partial charge in [0.1, 0.15) is 11.4 Å². The Bertz CT molecular complexity index is 878. The van der Waals surface area contributed by atoms with E-state index in [1.54, 1.807) is 11.8 Å². The van der Waals surface area contributed by atoms with Gasteiger partial charge in [-0.1, -0.05) is 23.4 Å². The quantitative estimate of drug-likeness (QED) is 0.664. The summed E-state index contributed by atoms with van der Waals surface area (Å²) in [4.78, 5) is 21.9. The van der Waals surface area contributed by atoms with Gasteiger partial charge in [0.2, 0.25) is 0 Å². The molecule has 1 N–H and O–H groups in total. The number of halogens is 1. The van der Waals surface area contributed by atoms with Crippen LogP contribution in [0.5, 0.6) is 0 Å². The van der Waals surface area contributed by atoms with Gasteiger partial charge in [-0.25, -0.2) is 4.98 Å². The lowest BCUT2D eigenvalue weighted by Gasteiger charge is -2.21. The zero-order valence-electron chi connectivity index (χ0n) is 13.1. The van der Waals surface area contributed by atoms with Crippen molar-refractivity contribution in [1.82, 2.24) is 9.97 Å². The molecule has 1 aromatic carbocycles. The van der Waals surface area contributed by atoms with Gasteiger partial charge in [-0.2, -0.15) is 0 Å². The standard InChI is InChI=1S/C19H17ClN2OS/c20-13-5-9-15(10-6-13)24-18-16-2-1-11-21-19(16)22-17(18)12-3-7-14(23)8-4-12/h1-2,5-6,9-12H,3-4,7-8H2,(H,21,22). The van der Waals surface area contributed by atoms with Crippen LogP contribution in [0.4, 0.5) is 0 Å². The number of hydrogen-bond acceptors (Lipinski definition) is 3. The first-order chi connectivity index (χ1) is 11.7. The lowest BCUT2D eigenvalue weighted by molar-refractivity contribution is -0.120. The molecule has 1 aliphatic rings. The number of ketones is 1. The van der Waals surface area contributed by atoms with Crippen molar-refractivity contribution in [2.24, 2.45) is 0 Å². The summed E-state index contributed by atoms with van der Waals surface area (Å²) in [6.45, 7) is 0. The van der Waals surface area contributed by atoms with Crippen molar-refractivity contribution in [3.63, 3.8) is 0 Å². The average molecular weight is 357 g/mol. The molecule has 0 radical (unpaired) electrons. The summed E-state index contributed by atoms with van der Waals surface area (Å²) in [5.41, 5.74) is 2.14. The van der Waals surface area contributed by atoms with Crippen molar-refractivity contribution in [3.8, 4) is 0 Å². The summed E-state index contributed by atoms with van der Waals surface area (Å²) >= 11 is 7.74. The van der Waals surface area contributed by atoms with Crippen molar-refractivity contribution in [2.45, 2.75) is 41.4 Å². The van der Waals surface area contributed by atoms with E-state index < -0.39 is 0 Å². The number of nitrogens with zero attached hydrogens (tertiary/aromatic N) is 1. The highest BCUT2D eigenvalue weighted by molar-refractivity contribution is 7.99. The summed E-state index contributed by atoms with van der Waals surface area (Å²) in [5, 5.41) is 1.88. The second-order valence-corrected chi connectivity index (χ2v) is 7.66. The predicted molar refractivity (Wildman–Crippen MR) is 97.9 cm³/mol. The third-order valence-electron chi connectivity index (χ3n) is 4.54. The minimum absolute atomic E-state index is 0.382. The molecule has 122 valence electrons. The zero-order chi connectivity index (χ0) is 16.5. The van der Waals surface area contributed by atoms with E-state index in [-0.39, 0.29) is 0 Å². The van der Waals surface area contributed by atoms with Crippen LogP contribution in [0, 0.1) is 0 Å². The number of hydrogen-bond donors (Lipinski definition) is 1. The van der Waals surface area contributed by atoms with Gasteiger partial charge >= 0.3 is 0 Å². The third-order valence-corrected chi connectivity index (χ3v) is 5.94. The maximum atomic E-state index is 11.6. The second-order valence-electron chi connectivity index (χ2n) is 6.14. The summed E-state index contributed by atoms with van der Waals surface area (Å²) in [6, 6.07) is 12.0. The molecule has 5 heteroatoms. The molecule has 0 amide bonds. The fraction of sp³-hybridized carbons (Fsp3) is 0.263. The normalized spacial score (nSPS) is 16.0. The topological polar surface area (TPSA) is 45.8 Å². The highest BCUT2D eigenvalue weighted by Gasteiger charge is 2.25. The maximum absolute atomic E-state index is 11.6. The largest absolute Gasteiger partial charge is 0.342 e. The molecule has 0 aliphatic heterocycles. The SMILES string of the molecule is O=C1CCC(c2[nH]c3ncccc3c2Sc2ccc(Cl)cc2)CC1. The van der Waals surface area contributed by atoms with Crippen LogP contribution in [0.1, 0.15) is 37.3 Å². The number of carbonyl (C=O) groups excluding carboxylic acids is 1. The van der Waals surface area contributed by atoms with Gasteiger partial charge in [-0.15, -0.1) is 0 Å². The Morgan fingerprint density at radius 3 is 2.62 bits per heavy atom. The lowest BCUT2D eigenvalue weighted by atomic mass is 9.86. The van der Waals surface area contributed by atoms with E-state index in [1.807, 2.05) is 36.5 Å². The number of fused-ring (bicyclic) bond motifs is 1. The number of aromatic amines is 1. The first-order valence-corrected chi connectivity index (χ1v) is 9.32. The molecular formula is C19H17ClN2OS. The van der Waals surface area contributed by atoms with E-state index in [2.05, 4.69) is 16.0 Å². The lowest BCUT2D eigenvalue weighted by Crippen LogP contribution is -2.13. The smallest absolute Gasteiger partial charge is 0.138 e. The first-order valence-electron chi connectivity index (χ1n) is 8.12. The number of carbonyl (C=O) groups is 1. The van der Waals surface area contributed by atoms with Gasteiger partial charge in [0, 0.05) is 50.9 Å². The molecule has 0 bridgehead atoms. The van der Waals surface area contributed by atoms with Gasteiger partial charge in [0.15, 0.2) is 0 Å². The van der Waals surface area contributed by atoms with Gasteiger partial charge in [0.25, 0.3) is 0 Å². The molecule has 3 nitrogen and oxygen atoms in total. The zero-order valence-corrected chi connectivity index (χ0v) is 14.7. The van der Waals surface area contributed by atoms with E-state index >= 15 is 0 Å². The molecule has 4 rings (SSSR count). The van der Waals surface area contributed by atoms with Crippen molar-refractivity contribution in [3.05, 3.63) is 53.3 Å². The van der Waals surface area contributed by atoms with Crippen LogP contribution in [0.15, 0.2) is 52.4 Å². The van der Waals surface area contributed by atoms with E-state index in [4.69, 9.17) is 11.6 Å². The van der Waals surface area contributed by atoms with Crippen LogP contribution in [-0.4, -0.2) is 15.8 Å². The number of pyridine rings is 1. The van der Waals surface area contributed by atoms with Crippen molar-refractivity contribution < 1.29 is 4.79 Å². The van der Waals surface area contributed by atoms with E-state index in [9.17, 15) is 4.79 Å². The van der Waals surface area contributed by atoms with Crippen molar-refractivity contribution in [2.75, 3.05) is 0 Å². The Labute approximate surface area is 149 Å². The van der Waals surface area contributed by atoms with Crippen LogP contribution in [0.2, 0.25) is 5.02 Å². The van der Waals surface area contributed by atoms with Crippen LogP contribution in [0.3, 0.4) is 0 Å². The van der Waals surface area contributed by atoms with E-state index in [0.29, 0.717) is 24.5 Å². The minimum atomic E-state index is 0.382. The minimum Gasteiger partial charge on any atom is -0.342 e. The Morgan fingerprint density at radius 1 is 1.12 bits per heavy atom. The number of rotatable bonds is 3. The molecule has 2 heterocycles. The molecule has 0 unspecified atom stereocenters. The van der Waals surface area contributed by atoms with Gasteiger partial charge in [0.05, 0.1) is 0 Å². The number of nitrogens with one attached hydrogen (secondary N) is 1. The Hall–Kier alpha value is -1.78. The number of benzene rings is 1. The molecule has 0 spiro atoms. The predicted octanol–water partition coefficient (Wildman–Crippen LogP) is 5.59. The molecule has 0 saturated heterocycles. The molecule has 2 aromatic heterocycles. The molecular weight excluding hydrogens is 340 g/mol. The van der Waals surface area contributed by atoms with Crippen molar-refractivity contribution in [1.29, 1.82) is 0 Å². The number of H-pyrrole nitrogens is 1. The molecule has 24 heavy (non-hydrogen) atoms. The molecule has 1 aliphatic carbocycles. The van der Waals surface area contributed by atoms with Gasteiger partial charge < -0.3 is 4.98 Å².